The summed E-state index contributed by atoms with van der Waals surface area (Å²) in [5.74, 6) is 8.06. The number of carbonyl (C=O) groups is 1. The molecule has 4 nitrogen and oxygen atoms in total. The van der Waals surface area contributed by atoms with Gasteiger partial charge in [-0.05, 0) is 37.0 Å². The van der Waals surface area contributed by atoms with Gasteiger partial charge in [0.05, 0.1) is 17.6 Å². The quantitative estimate of drug-likeness (QED) is 0.838. The first-order chi connectivity index (χ1) is 9.74. The Kier molecular flexibility index (Phi) is 4.04. The third-order valence-electron chi connectivity index (χ3n) is 4.40. The third-order valence-corrected chi connectivity index (χ3v) is 5.23. The number of nitrogens with two attached hydrogens (primary N) is 1. The van der Waals surface area contributed by atoms with Crippen molar-refractivity contribution in [3.8, 4) is 11.8 Å². The molecule has 1 aromatic rings. The summed E-state index contributed by atoms with van der Waals surface area (Å²) in [5, 5.41) is 3.53. The summed E-state index contributed by atoms with van der Waals surface area (Å²) in [6, 6.07) is 0. The fourth-order valence-corrected chi connectivity index (χ4v) is 4.27. The van der Waals surface area contributed by atoms with Crippen molar-refractivity contribution in [2.24, 2.45) is 23.5 Å². The molecule has 0 aliphatic heterocycles. The van der Waals surface area contributed by atoms with Gasteiger partial charge in [-0.15, -0.1) is 0 Å². The first-order valence-electron chi connectivity index (χ1n) is 7.19. The van der Waals surface area contributed by atoms with Gasteiger partial charge in [0.2, 0.25) is 5.91 Å². The molecule has 5 heteroatoms. The molecule has 3 atom stereocenters. The molecule has 0 saturated heterocycles. The normalized spacial score (nSPS) is 27.1. The van der Waals surface area contributed by atoms with Crippen LogP contribution in [0.4, 0.5) is 5.13 Å². The van der Waals surface area contributed by atoms with Gasteiger partial charge in [-0.1, -0.05) is 29.6 Å². The number of carbonyl (C=O) groups excluding carboxylic acids is 1. The van der Waals surface area contributed by atoms with Crippen molar-refractivity contribution in [2.75, 3.05) is 11.9 Å². The molecule has 3 unspecified atom stereocenters. The van der Waals surface area contributed by atoms with Crippen LogP contribution in [0.25, 0.3) is 0 Å². The second-order valence-electron chi connectivity index (χ2n) is 5.72. The number of amides is 1. The van der Waals surface area contributed by atoms with E-state index in [4.69, 9.17) is 5.73 Å². The Morgan fingerprint density at radius 2 is 2.40 bits per heavy atom. The minimum absolute atomic E-state index is 0.0928. The van der Waals surface area contributed by atoms with Crippen molar-refractivity contribution < 1.29 is 4.79 Å². The number of fused-ring (bicyclic) bond motifs is 2. The summed E-state index contributed by atoms with van der Waals surface area (Å²) in [6.07, 6.45) is 7.60. The molecule has 0 radical (unpaired) electrons. The highest BCUT2D eigenvalue weighted by Crippen LogP contribution is 2.49. The number of aromatic nitrogens is 1. The molecule has 0 aromatic carbocycles. The average molecular weight is 289 g/mol. The van der Waals surface area contributed by atoms with Crippen LogP contribution in [0.3, 0.4) is 0 Å². The predicted molar refractivity (Wildman–Crippen MR) is 80.2 cm³/mol. The zero-order chi connectivity index (χ0) is 13.9. The molecule has 2 bridgehead atoms. The first-order valence-corrected chi connectivity index (χ1v) is 8.01. The molecule has 1 heterocycles. The van der Waals surface area contributed by atoms with E-state index in [0.717, 1.165) is 16.7 Å². The summed E-state index contributed by atoms with van der Waals surface area (Å²) in [6.45, 7) is 0.337. The topological polar surface area (TPSA) is 68.0 Å². The molecule has 20 heavy (non-hydrogen) atoms. The lowest BCUT2D eigenvalue weighted by Crippen LogP contribution is -2.20. The average Bonchev–Trinajstić information content (AvgIpc) is 3.12. The number of hydrogen-bond acceptors (Lipinski definition) is 4. The molecule has 3 N–H and O–H groups in total. The van der Waals surface area contributed by atoms with Crippen molar-refractivity contribution in [1.82, 2.24) is 4.98 Å². The second kappa shape index (κ2) is 5.94. The van der Waals surface area contributed by atoms with E-state index in [1.807, 2.05) is 0 Å². The standard InChI is InChI=1S/C15H19N3OS/c16-5-1-2-13-9-17-15(20-13)18-14(19)8-12-7-10-3-4-11(12)6-10/h9-12H,3-8,16H2,(H,17,18,19). The van der Waals surface area contributed by atoms with Gasteiger partial charge in [0.15, 0.2) is 5.13 Å². The van der Waals surface area contributed by atoms with E-state index in [-0.39, 0.29) is 5.91 Å². The van der Waals surface area contributed by atoms with Crippen molar-refractivity contribution in [3.63, 3.8) is 0 Å². The third kappa shape index (κ3) is 3.02. The highest BCUT2D eigenvalue weighted by atomic mass is 32.1. The molecular weight excluding hydrogens is 270 g/mol. The zero-order valence-electron chi connectivity index (χ0n) is 11.4. The zero-order valence-corrected chi connectivity index (χ0v) is 12.2. The maximum Gasteiger partial charge on any atom is 0.226 e. The number of anilines is 1. The number of rotatable bonds is 3. The lowest BCUT2D eigenvalue weighted by Gasteiger charge is -2.20. The van der Waals surface area contributed by atoms with Gasteiger partial charge < -0.3 is 11.1 Å². The predicted octanol–water partition coefficient (Wildman–Crippen LogP) is 2.22. The van der Waals surface area contributed by atoms with E-state index in [9.17, 15) is 4.79 Å². The lowest BCUT2D eigenvalue weighted by molar-refractivity contribution is -0.117. The van der Waals surface area contributed by atoms with Crippen molar-refractivity contribution in [2.45, 2.75) is 32.1 Å². The fourth-order valence-electron chi connectivity index (χ4n) is 3.56. The Labute approximate surface area is 123 Å². The summed E-state index contributed by atoms with van der Waals surface area (Å²) in [5.41, 5.74) is 5.33. The van der Waals surface area contributed by atoms with Gasteiger partial charge in [-0.2, -0.15) is 0 Å². The van der Waals surface area contributed by atoms with Crippen LogP contribution >= 0.6 is 11.3 Å². The van der Waals surface area contributed by atoms with Crippen LogP contribution < -0.4 is 11.1 Å². The smallest absolute Gasteiger partial charge is 0.226 e. The summed E-state index contributed by atoms with van der Waals surface area (Å²) >= 11 is 1.40. The SMILES string of the molecule is NCC#Cc1cnc(NC(=O)CC2CC3CCC2C3)s1. The van der Waals surface area contributed by atoms with Crippen LogP contribution in [0.2, 0.25) is 0 Å². The fraction of sp³-hybridized carbons (Fsp3) is 0.600. The van der Waals surface area contributed by atoms with Crippen LogP contribution in [0.15, 0.2) is 6.20 Å². The Morgan fingerprint density at radius 3 is 3.10 bits per heavy atom. The number of thiazole rings is 1. The molecule has 0 spiro atoms. The minimum Gasteiger partial charge on any atom is -0.320 e. The van der Waals surface area contributed by atoms with Crippen molar-refractivity contribution in [3.05, 3.63) is 11.1 Å². The maximum atomic E-state index is 12.1. The number of hydrogen-bond donors (Lipinski definition) is 2. The number of nitrogens with one attached hydrogen (secondary N) is 1. The van der Waals surface area contributed by atoms with Gasteiger partial charge in [-0.3, -0.25) is 4.79 Å². The van der Waals surface area contributed by atoms with E-state index < -0.39 is 0 Å². The van der Waals surface area contributed by atoms with Crippen LogP contribution in [-0.4, -0.2) is 17.4 Å². The van der Waals surface area contributed by atoms with E-state index in [1.54, 1.807) is 6.20 Å². The maximum absolute atomic E-state index is 12.1. The van der Waals surface area contributed by atoms with E-state index in [0.29, 0.717) is 24.0 Å². The second-order valence-corrected chi connectivity index (χ2v) is 6.75. The van der Waals surface area contributed by atoms with Crippen LogP contribution in [0.1, 0.15) is 37.0 Å². The van der Waals surface area contributed by atoms with Crippen molar-refractivity contribution >= 4 is 22.4 Å². The Hall–Kier alpha value is -1.38. The summed E-state index contributed by atoms with van der Waals surface area (Å²) < 4.78 is 0. The Morgan fingerprint density at radius 1 is 1.50 bits per heavy atom. The van der Waals surface area contributed by atoms with E-state index >= 15 is 0 Å². The van der Waals surface area contributed by atoms with Crippen molar-refractivity contribution in [1.29, 1.82) is 0 Å². The molecule has 3 rings (SSSR count). The van der Waals surface area contributed by atoms with Gasteiger partial charge in [0.25, 0.3) is 0 Å². The molecule has 2 aliphatic carbocycles. The van der Waals surface area contributed by atoms with E-state index in [1.165, 1.54) is 37.0 Å². The van der Waals surface area contributed by atoms with E-state index in [2.05, 4.69) is 22.1 Å². The van der Waals surface area contributed by atoms with Gasteiger partial charge in [-0.25, -0.2) is 4.98 Å². The molecule has 2 saturated carbocycles. The Bertz CT molecular complexity index is 557. The molecule has 1 aromatic heterocycles. The lowest BCUT2D eigenvalue weighted by atomic mass is 9.86. The largest absolute Gasteiger partial charge is 0.320 e. The highest BCUT2D eigenvalue weighted by molar-refractivity contribution is 7.16. The molecule has 1 amide bonds. The molecule has 2 aliphatic rings. The summed E-state index contributed by atoms with van der Waals surface area (Å²) in [4.78, 5) is 17.1. The monoisotopic (exact) mass is 289 g/mol. The van der Waals surface area contributed by atoms with Gasteiger partial charge in [0, 0.05) is 6.42 Å². The highest BCUT2D eigenvalue weighted by Gasteiger charge is 2.40. The van der Waals surface area contributed by atoms with Crippen LogP contribution in [-0.2, 0) is 4.79 Å². The number of nitrogens with zero attached hydrogens (tertiary/aromatic N) is 1. The molecular formula is C15H19N3OS. The first kappa shape index (κ1) is 13.6. The molecule has 2 fully saturated rings. The van der Waals surface area contributed by atoms with Gasteiger partial charge in [0.1, 0.15) is 0 Å². The minimum atomic E-state index is 0.0928. The molecule has 106 valence electrons. The Balaban J connectivity index is 1.52. The van der Waals surface area contributed by atoms with Gasteiger partial charge >= 0.3 is 0 Å². The van der Waals surface area contributed by atoms with Crippen LogP contribution in [0.5, 0.6) is 0 Å². The summed E-state index contributed by atoms with van der Waals surface area (Å²) in [7, 11) is 0. The van der Waals surface area contributed by atoms with Crippen LogP contribution in [0, 0.1) is 29.6 Å².